The highest BCUT2D eigenvalue weighted by Crippen LogP contribution is 2.33. The van der Waals surface area contributed by atoms with E-state index in [1.54, 1.807) is 20.8 Å². The molecule has 148 valence electrons. The number of carbonyl (C=O) groups is 2. The molecule has 7 nitrogen and oxygen atoms in total. The first-order chi connectivity index (χ1) is 13.0. The smallest absolute Gasteiger partial charge is 0.344 e. The lowest BCUT2D eigenvalue weighted by molar-refractivity contribution is -0.384. The van der Waals surface area contributed by atoms with Crippen LogP contribution < -0.4 is 0 Å². The molecule has 0 bridgehead atoms. The molecular weight excluding hydrogens is 382 g/mol. The number of rotatable bonds is 6. The summed E-state index contributed by atoms with van der Waals surface area (Å²) >= 11 is 1.28. The third-order valence-electron chi connectivity index (χ3n) is 3.38. The number of benzene rings is 2. The van der Waals surface area contributed by atoms with Crippen LogP contribution in [0.15, 0.2) is 52.3 Å². The Morgan fingerprint density at radius 2 is 1.75 bits per heavy atom. The molecule has 2 rings (SSSR count). The molecule has 0 heterocycles. The Kier molecular flexibility index (Phi) is 6.80. The van der Waals surface area contributed by atoms with E-state index >= 15 is 0 Å². The van der Waals surface area contributed by atoms with Crippen LogP contribution in [-0.4, -0.2) is 29.1 Å². The van der Waals surface area contributed by atoms with Crippen molar-refractivity contribution >= 4 is 29.4 Å². The second kappa shape index (κ2) is 8.88. The average molecular weight is 403 g/mol. The Bertz CT molecular complexity index is 887. The van der Waals surface area contributed by atoms with Gasteiger partial charge in [-0.25, -0.2) is 9.59 Å². The van der Waals surface area contributed by atoms with Crippen molar-refractivity contribution < 1.29 is 24.0 Å². The fraction of sp³-hybridized carbons (Fsp3) is 0.300. The van der Waals surface area contributed by atoms with Crippen molar-refractivity contribution in [1.82, 2.24) is 0 Å². The molecule has 2 aromatic carbocycles. The molecule has 0 N–H and O–H groups in total. The molecule has 0 atom stereocenters. The van der Waals surface area contributed by atoms with E-state index in [0.29, 0.717) is 4.90 Å². The van der Waals surface area contributed by atoms with Crippen molar-refractivity contribution in [2.75, 3.05) is 6.61 Å². The van der Waals surface area contributed by atoms with Crippen LogP contribution in [0.3, 0.4) is 0 Å². The number of nitro groups is 1. The van der Waals surface area contributed by atoms with Crippen molar-refractivity contribution in [2.24, 2.45) is 0 Å². The summed E-state index contributed by atoms with van der Waals surface area (Å²) in [6.07, 6.45) is 0. The van der Waals surface area contributed by atoms with Crippen molar-refractivity contribution in [2.45, 2.75) is 43.1 Å². The van der Waals surface area contributed by atoms with Gasteiger partial charge in [-0.15, -0.1) is 0 Å². The molecule has 0 spiro atoms. The molecular formula is C20H21NO6S. The SMILES string of the molecule is Cc1ccc(Sc2ccc([N+](=O)[O-])cc2C(=O)OCC(=O)OC(C)(C)C)cc1. The summed E-state index contributed by atoms with van der Waals surface area (Å²) in [7, 11) is 0. The summed E-state index contributed by atoms with van der Waals surface area (Å²) in [5.74, 6) is -1.52. The molecule has 8 heteroatoms. The van der Waals surface area contributed by atoms with E-state index in [1.807, 2.05) is 31.2 Å². The number of carbonyl (C=O) groups excluding carboxylic acids is 2. The zero-order valence-corrected chi connectivity index (χ0v) is 16.9. The molecule has 28 heavy (non-hydrogen) atoms. The van der Waals surface area contributed by atoms with Gasteiger partial charge in [-0.05, 0) is 45.9 Å². The molecule has 0 aromatic heterocycles. The zero-order chi connectivity index (χ0) is 20.9. The van der Waals surface area contributed by atoms with Gasteiger partial charge in [0.25, 0.3) is 5.69 Å². The number of non-ortho nitro benzene ring substituents is 1. The molecule has 2 aromatic rings. The maximum atomic E-state index is 12.5. The van der Waals surface area contributed by atoms with Gasteiger partial charge < -0.3 is 9.47 Å². The average Bonchev–Trinajstić information content (AvgIpc) is 2.60. The van der Waals surface area contributed by atoms with Gasteiger partial charge in [-0.1, -0.05) is 29.5 Å². The Morgan fingerprint density at radius 1 is 1.11 bits per heavy atom. The topological polar surface area (TPSA) is 95.7 Å². The molecule has 0 saturated carbocycles. The molecule has 0 saturated heterocycles. The van der Waals surface area contributed by atoms with E-state index in [1.165, 1.54) is 23.9 Å². The number of aryl methyl sites for hydroxylation is 1. The summed E-state index contributed by atoms with van der Waals surface area (Å²) in [4.78, 5) is 36.1. The predicted octanol–water partition coefficient (Wildman–Crippen LogP) is 4.55. The lowest BCUT2D eigenvalue weighted by atomic mass is 10.2. The second-order valence-electron chi connectivity index (χ2n) is 7.02. The first-order valence-corrected chi connectivity index (χ1v) is 9.29. The van der Waals surface area contributed by atoms with E-state index in [4.69, 9.17) is 9.47 Å². The first-order valence-electron chi connectivity index (χ1n) is 8.47. The largest absolute Gasteiger partial charge is 0.457 e. The van der Waals surface area contributed by atoms with Crippen molar-refractivity contribution in [3.8, 4) is 0 Å². The Morgan fingerprint density at radius 3 is 2.32 bits per heavy atom. The first kappa shape index (κ1) is 21.4. The maximum Gasteiger partial charge on any atom is 0.344 e. The van der Waals surface area contributed by atoms with E-state index in [2.05, 4.69) is 0 Å². The van der Waals surface area contributed by atoms with Crippen LogP contribution in [-0.2, 0) is 14.3 Å². The fourth-order valence-corrected chi connectivity index (χ4v) is 3.10. The minimum Gasteiger partial charge on any atom is -0.457 e. The summed E-state index contributed by atoms with van der Waals surface area (Å²) in [6, 6.07) is 11.6. The number of esters is 2. The highest BCUT2D eigenvalue weighted by Gasteiger charge is 2.22. The number of hydrogen-bond acceptors (Lipinski definition) is 7. The highest BCUT2D eigenvalue weighted by molar-refractivity contribution is 7.99. The van der Waals surface area contributed by atoms with Crippen LogP contribution in [0.5, 0.6) is 0 Å². The van der Waals surface area contributed by atoms with Crippen LogP contribution in [0, 0.1) is 17.0 Å². The monoisotopic (exact) mass is 403 g/mol. The third kappa shape index (κ3) is 6.38. The minimum atomic E-state index is -0.829. The Balaban J connectivity index is 2.22. The molecule has 0 aliphatic rings. The minimum absolute atomic E-state index is 0.0170. The molecule has 0 radical (unpaired) electrons. The lowest BCUT2D eigenvalue weighted by Gasteiger charge is -2.19. The van der Waals surface area contributed by atoms with Crippen molar-refractivity contribution in [3.05, 3.63) is 63.7 Å². The van der Waals surface area contributed by atoms with Gasteiger partial charge in [0.2, 0.25) is 0 Å². The van der Waals surface area contributed by atoms with E-state index in [0.717, 1.165) is 16.5 Å². The van der Waals surface area contributed by atoms with Gasteiger partial charge in [0.15, 0.2) is 6.61 Å². The summed E-state index contributed by atoms with van der Waals surface area (Å²) < 4.78 is 10.1. The molecule has 0 aliphatic carbocycles. The van der Waals surface area contributed by atoms with Crippen molar-refractivity contribution in [1.29, 1.82) is 0 Å². The van der Waals surface area contributed by atoms with Crippen LogP contribution in [0.1, 0.15) is 36.7 Å². The summed E-state index contributed by atoms with van der Waals surface area (Å²) in [5, 5.41) is 11.1. The normalized spacial score (nSPS) is 11.0. The molecule has 0 aliphatic heterocycles. The fourth-order valence-electron chi connectivity index (χ4n) is 2.19. The third-order valence-corrected chi connectivity index (χ3v) is 4.47. The van der Waals surface area contributed by atoms with Crippen LogP contribution in [0.4, 0.5) is 5.69 Å². The lowest BCUT2D eigenvalue weighted by Crippen LogP contribution is -2.27. The number of nitro benzene ring substituents is 1. The van der Waals surface area contributed by atoms with Gasteiger partial charge in [0, 0.05) is 21.9 Å². The number of nitrogens with zero attached hydrogens (tertiary/aromatic N) is 1. The zero-order valence-electron chi connectivity index (χ0n) is 16.1. The predicted molar refractivity (Wildman–Crippen MR) is 105 cm³/mol. The van der Waals surface area contributed by atoms with Gasteiger partial charge in [0.1, 0.15) is 5.60 Å². The van der Waals surface area contributed by atoms with Crippen LogP contribution in [0.25, 0.3) is 0 Å². The molecule has 0 unspecified atom stereocenters. The van der Waals surface area contributed by atoms with Crippen LogP contribution in [0.2, 0.25) is 0 Å². The Hall–Kier alpha value is -2.87. The second-order valence-corrected chi connectivity index (χ2v) is 8.13. The van der Waals surface area contributed by atoms with Gasteiger partial charge >= 0.3 is 11.9 Å². The van der Waals surface area contributed by atoms with Gasteiger partial charge in [-0.3, -0.25) is 10.1 Å². The number of hydrogen-bond donors (Lipinski definition) is 0. The Labute approximate surface area is 167 Å². The highest BCUT2D eigenvalue weighted by atomic mass is 32.2. The molecule has 0 fully saturated rings. The quantitative estimate of drug-likeness (QED) is 0.396. The van der Waals surface area contributed by atoms with E-state index in [9.17, 15) is 19.7 Å². The summed E-state index contributed by atoms with van der Waals surface area (Å²) in [5.41, 5.74) is 0.160. The van der Waals surface area contributed by atoms with Crippen molar-refractivity contribution in [3.63, 3.8) is 0 Å². The molecule has 0 amide bonds. The van der Waals surface area contributed by atoms with Gasteiger partial charge in [0.05, 0.1) is 10.5 Å². The van der Waals surface area contributed by atoms with E-state index < -0.39 is 29.1 Å². The summed E-state index contributed by atoms with van der Waals surface area (Å²) in [6.45, 7) is 6.48. The maximum absolute atomic E-state index is 12.5. The van der Waals surface area contributed by atoms with E-state index in [-0.39, 0.29) is 11.3 Å². The van der Waals surface area contributed by atoms with Crippen LogP contribution >= 0.6 is 11.8 Å². The standard InChI is InChI=1S/C20H21NO6S/c1-13-5-8-15(9-6-13)28-17-10-7-14(21(24)25)11-16(17)19(23)26-12-18(22)27-20(2,3)4/h5-11H,12H2,1-4H3. The number of ether oxygens (including phenoxy) is 2. The van der Waals surface area contributed by atoms with Gasteiger partial charge in [-0.2, -0.15) is 0 Å².